The lowest BCUT2D eigenvalue weighted by atomic mass is 10.1. The van der Waals surface area contributed by atoms with Gasteiger partial charge in [0, 0.05) is 25.6 Å². The molecule has 3 N–H and O–H groups in total. The van der Waals surface area contributed by atoms with Gasteiger partial charge in [-0.2, -0.15) is 0 Å². The minimum absolute atomic E-state index is 0. The van der Waals surface area contributed by atoms with Crippen LogP contribution in [0.4, 0.5) is 0 Å². The molecule has 0 radical (unpaired) electrons. The second-order valence-electron chi connectivity index (χ2n) is 5.66. The van der Waals surface area contributed by atoms with Crippen LogP contribution in [0.3, 0.4) is 0 Å². The lowest BCUT2D eigenvalue weighted by Crippen LogP contribution is -2.34. The molecule has 22 heavy (non-hydrogen) atoms. The quantitative estimate of drug-likeness (QED) is 0.733. The molecule has 0 bridgehead atoms. The number of rotatable bonds is 6. The number of halogens is 1. The fourth-order valence-electron chi connectivity index (χ4n) is 2.38. The van der Waals surface area contributed by atoms with Crippen LogP contribution in [0.2, 0.25) is 0 Å². The Morgan fingerprint density at radius 2 is 2.18 bits per heavy atom. The zero-order valence-corrected chi connectivity index (χ0v) is 13.9. The molecule has 1 aliphatic heterocycles. The van der Waals surface area contributed by atoms with Crippen LogP contribution in [0, 0.1) is 19.8 Å². The number of aliphatic hydroxyl groups is 1. The minimum atomic E-state index is -0.364. The van der Waals surface area contributed by atoms with Crippen molar-refractivity contribution in [1.82, 2.24) is 10.6 Å². The number of ether oxygens (including phenoxy) is 1. The summed E-state index contributed by atoms with van der Waals surface area (Å²) in [5, 5.41) is 15.6. The van der Waals surface area contributed by atoms with Gasteiger partial charge in [0.05, 0.1) is 19.1 Å². The van der Waals surface area contributed by atoms with Crippen molar-refractivity contribution < 1.29 is 14.6 Å². The number of carbonyl (C=O) groups excluding carboxylic acids is 1. The Labute approximate surface area is 137 Å². The van der Waals surface area contributed by atoms with Crippen LogP contribution >= 0.6 is 12.4 Å². The highest BCUT2D eigenvalue weighted by molar-refractivity contribution is 5.85. The van der Waals surface area contributed by atoms with E-state index in [4.69, 9.17) is 4.74 Å². The van der Waals surface area contributed by atoms with Gasteiger partial charge in [0.15, 0.2) is 0 Å². The topological polar surface area (TPSA) is 70.6 Å². The van der Waals surface area contributed by atoms with Gasteiger partial charge in [0.25, 0.3) is 0 Å². The summed E-state index contributed by atoms with van der Waals surface area (Å²) in [4.78, 5) is 11.8. The van der Waals surface area contributed by atoms with E-state index in [9.17, 15) is 9.90 Å². The number of hydrogen-bond acceptors (Lipinski definition) is 4. The normalized spacial score (nSPS) is 20.3. The van der Waals surface area contributed by atoms with Crippen LogP contribution in [0.25, 0.3) is 0 Å². The second-order valence-corrected chi connectivity index (χ2v) is 5.66. The predicted molar refractivity (Wildman–Crippen MR) is 88.7 cm³/mol. The van der Waals surface area contributed by atoms with Crippen LogP contribution in [0.15, 0.2) is 18.2 Å². The van der Waals surface area contributed by atoms with Gasteiger partial charge in [0.2, 0.25) is 5.91 Å². The van der Waals surface area contributed by atoms with Gasteiger partial charge in [-0.1, -0.05) is 12.1 Å². The summed E-state index contributed by atoms with van der Waals surface area (Å²) in [6, 6.07) is 6.03. The Hall–Kier alpha value is -1.30. The van der Waals surface area contributed by atoms with E-state index in [1.165, 1.54) is 0 Å². The smallest absolute Gasteiger partial charge is 0.223 e. The average Bonchev–Trinajstić information content (AvgIpc) is 2.86. The van der Waals surface area contributed by atoms with E-state index in [1.807, 2.05) is 32.0 Å². The Morgan fingerprint density at radius 1 is 1.41 bits per heavy atom. The van der Waals surface area contributed by atoms with E-state index in [2.05, 4.69) is 10.6 Å². The van der Waals surface area contributed by atoms with Crippen LogP contribution in [0.5, 0.6) is 5.75 Å². The molecule has 2 atom stereocenters. The van der Waals surface area contributed by atoms with E-state index >= 15 is 0 Å². The number of nitrogens with one attached hydrogen (secondary N) is 2. The van der Waals surface area contributed by atoms with E-state index in [1.54, 1.807) is 0 Å². The maximum Gasteiger partial charge on any atom is 0.223 e. The number of hydrogen-bond donors (Lipinski definition) is 3. The van der Waals surface area contributed by atoms with Gasteiger partial charge >= 0.3 is 0 Å². The monoisotopic (exact) mass is 328 g/mol. The molecule has 5 nitrogen and oxygen atoms in total. The first kappa shape index (κ1) is 18.7. The summed E-state index contributed by atoms with van der Waals surface area (Å²) in [5.74, 6) is 0.895. The third-order valence-corrected chi connectivity index (χ3v) is 3.80. The zero-order valence-electron chi connectivity index (χ0n) is 13.1. The molecule has 1 aromatic carbocycles. The van der Waals surface area contributed by atoms with Crippen molar-refractivity contribution in [3.63, 3.8) is 0 Å². The summed E-state index contributed by atoms with van der Waals surface area (Å²) in [5.41, 5.74) is 2.21. The van der Waals surface area contributed by atoms with Crippen molar-refractivity contribution in [3.05, 3.63) is 29.3 Å². The molecule has 0 aliphatic carbocycles. The molecule has 0 spiro atoms. The lowest BCUT2D eigenvalue weighted by molar-refractivity contribution is -0.121. The first-order valence-electron chi connectivity index (χ1n) is 7.42. The second kappa shape index (κ2) is 8.98. The number of aryl methyl sites for hydroxylation is 2. The Balaban J connectivity index is 0.00000242. The van der Waals surface area contributed by atoms with Crippen molar-refractivity contribution in [2.45, 2.75) is 26.4 Å². The maximum absolute atomic E-state index is 11.8. The Morgan fingerprint density at radius 3 is 2.86 bits per heavy atom. The number of benzene rings is 1. The van der Waals surface area contributed by atoms with E-state index < -0.39 is 0 Å². The van der Waals surface area contributed by atoms with Crippen molar-refractivity contribution in [2.75, 3.05) is 26.2 Å². The molecule has 124 valence electrons. The van der Waals surface area contributed by atoms with E-state index in [-0.39, 0.29) is 30.3 Å². The maximum atomic E-state index is 11.8. The highest BCUT2D eigenvalue weighted by Crippen LogP contribution is 2.19. The fraction of sp³-hybridized carbons (Fsp3) is 0.562. The zero-order chi connectivity index (χ0) is 15.2. The number of β-amino-alcohol motifs (C(OH)–C–C–N with tert-alkyl or cyclic N) is 1. The van der Waals surface area contributed by atoms with Crippen molar-refractivity contribution in [1.29, 1.82) is 0 Å². The molecule has 6 heteroatoms. The number of amides is 1. The van der Waals surface area contributed by atoms with Crippen molar-refractivity contribution in [3.8, 4) is 5.75 Å². The SMILES string of the molecule is Cc1ccc(C)c(OCCC(=O)NCC2CNCC2O)c1.Cl. The molecule has 1 aromatic rings. The third-order valence-electron chi connectivity index (χ3n) is 3.80. The highest BCUT2D eigenvalue weighted by Gasteiger charge is 2.24. The van der Waals surface area contributed by atoms with Gasteiger partial charge in [-0.25, -0.2) is 0 Å². The molecule has 1 saturated heterocycles. The molecule has 1 amide bonds. The van der Waals surface area contributed by atoms with Gasteiger partial charge < -0.3 is 20.5 Å². The summed E-state index contributed by atoms with van der Waals surface area (Å²) in [6.45, 7) is 6.23. The number of carbonyl (C=O) groups is 1. The first-order chi connectivity index (χ1) is 10.1. The predicted octanol–water partition coefficient (Wildman–Crippen LogP) is 1.19. The van der Waals surface area contributed by atoms with Gasteiger partial charge in [0.1, 0.15) is 5.75 Å². The standard InChI is InChI=1S/C16H24N2O3.ClH/c1-11-3-4-12(2)15(7-11)21-6-5-16(20)18-9-13-8-17-10-14(13)19;/h3-4,7,13-14,17,19H,5-6,8-10H2,1-2H3,(H,18,20);1H. The molecule has 1 heterocycles. The fourth-order valence-corrected chi connectivity index (χ4v) is 2.38. The van der Waals surface area contributed by atoms with E-state index in [0.717, 1.165) is 23.4 Å². The van der Waals surface area contributed by atoms with Crippen molar-refractivity contribution in [2.24, 2.45) is 5.92 Å². The summed E-state index contributed by atoms with van der Waals surface area (Å²) in [7, 11) is 0. The van der Waals surface area contributed by atoms with Crippen LogP contribution < -0.4 is 15.4 Å². The van der Waals surface area contributed by atoms with Gasteiger partial charge in [-0.3, -0.25) is 4.79 Å². The van der Waals surface area contributed by atoms with Gasteiger partial charge in [-0.05, 0) is 31.0 Å². The third kappa shape index (κ3) is 5.48. The van der Waals surface area contributed by atoms with Gasteiger partial charge in [-0.15, -0.1) is 12.4 Å². The molecule has 0 aromatic heterocycles. The molecular formula is C16H25ClN2O3. The van der Waals surface area contributed by atoms with Crippen LogP contribution in [0.1, 0.15) is 17.5 Å². The first-order valence-corrected chi connectivity index (χ1v) is 7.42. The summed E-state index contributed by atoms with van der Waals surface area (Å²) >= 11 is 0. The molecular weight excluding hydrogens is 304 g/mol. The minimum Gasteiger partial charge on any atom is -0.493 e. The Bertz CT molecular complexity index is 496. The molecule has 2 rings (SSSR count). The molecule has 1 fully saturated rings. The number of aliphatic hydroxyl groups excluding tert-OH is 1. The molecule has 2 unspecified atom stereocenters. The lowest BCUT2D eigenvalue weighted by Gasteiger charge is -2.14. The largest absolute Gasteiger partial charge is 0.493 e. The van der Waals surface area contributed by atoms with Crippen molar-refractivity contribution >= 4 is 18.3 Å². The molecule has 0 saturated carbocycles. The molecule has 1 aliphatic rings. The average molecular weight is 329 g/mol. The Kier molecular flexibility index (Phi) is 7.65. The van der Waals surface area contributed by atoms with Crippen LogP contribution in [-0.4, -0.2) is 43.4 Å². The summed E-state index contributed by atoms with van der Waals surface area (Å²) in [6.07, 6.45) is -0.0413. The van der Waals surface area contributed by atoms with E-state index in [0.29, 0.717) is 26.1 Å². The van der Waals surface area contributed by atoms with Crippen LogP contribution in [-0.2, 0) is 4.79 Å². The highest BCUT2D eigenvalue weighted by atomic mass is 35.5. The summed E-state index contributed by atoms with van der Waals surface area (Å²) < 4.78 is 5.66.